The van der Waals surface area contributed by atoms with Gasteiger partial charge in [-0.1, -0.05) is 107 Å². The molecule has 168 valence electrons. The molecule has 4 atom stereocenters. The standard InChI is InChI=1S/C28H56/c1-10-17-19-20-23-24(13-4)26(8,9)28(15-6,16-7)27(14-5,22-12-3)25(23)21-18-11-2/h23-25H,10-22H2,1-9H3. The van der Waals surface area contributed by atoms with Crippen LogP contribution in [0.2, 0.25) is 0 Å². The van der Waals surface area contributed by atoms with Gasteiger partial charge >= 0.3 is 0 Å². The lowest BCUT2D eigenvalue weighted by atomic mass is 9.34. The topological polar surface area (TPSA) is 0 Å². The van der Waals surface area contributed by atoms with Crippen LogP contribution in [0.25, 0.3) is 0 Å². The molecule has 0 aliphatic heterocycles. The highest BCUT2D eigenvalue weighted by atomic mass is 14.7. The van der Waals surface area contributed by atoms with Gasteiger partial charge in [-0.3, -0.25) is 0 Å². The SMILES string of the molecule is CCCCCC1C(CC)C(C)(C)C(CC)(CC)C(CC)(CCC)C1CCCC. The molecule has 0 spiro atoms. The minimum Gasteiger partial charge on any atom is -0.0654 e. The molecule has 0 aromatic heterocycles. The maximum Gasteiger partial charge on any atom is -0.0190 e. The zero-order chi connectivity index (χ0) is 21.4. The molecule has 0 radical (unpaired) electrons. The molecule has 0 heterocycles. The van der Waals surface area contributed by atoms with E-state index >= 15 is 0 Å². The fraction of sp³-hybridized carbons (Fsp3) is 1.00. The normalized spacial score (nSPS) is 31.8. The molecule has 4 unspecified atom stereocenters. The summed E-state index contributed by atoms with van der Waals surface area (Å²) in [5.41, 5.74) is 1.47. The van der Waals surface area contributed by atoms with Crippen LogP contribution >= 0.6 is 0 Å². The lowest BCUT2D eigenvalue weighted by Crippen LogP contribution is -2.64. The Labute approximate surface area is 180 Å². The molecule has 1 fully saturated rings. The molecule has 28 heavy (non-hydrogen) atoms. The Morgan fingerprint density at radius 1 is 0.607 bits per heavy atom. The molecule has 1 aliphatic rings. The largest absolute Gasteiger partial charge is 0.0654 e. The van der Waals surface area contributed by atoms with Gasteiger partial charge in [0.05, 0.1) is 0 Å². The summed E-state index contributed by atoms with van der Waals surface area (Å²) in [5, 5.41) is 0. The monoisotopic (exact) mass is 392 g/mol. The molecule has 0 saturated heterocycles. The smallest absolute Gasteiger partial charge is 0.0190 e. The van der Waals surface area contributed by atoms with E-state index < -0.39 is 0 Å². The van der Waals surface area contributed by atoms with Gasteiger partial charge in [-0.2, -0.15) is 0 Å². The summed E-state index contributed by atoms with van der Waals surface area (Å²) in [6.07, 6.45) is 18.3. The highest BCUT2D eigenvalue weighted by molar-refractivity contribution is 5.14. The lowest BCUT2D eigenvalue weighted by molar-refractivity contribution is -0.223. The zero-order valence-corrected chi connectivity index (χ0v) is 21.4. The summed E-state index contributed by atoms with van der Waals surface area (Å²) >= 11 is 0. The third-order valence-corrected chi connectivity index (χ3v) is 9.84. The van der Waals surface area contributed by atoms with Crippen molar-refractivity contribution in [3.8, 4) is 0 Å². The van der Waals surface area contributed by atoms with Crippen LogP contribution in [0.15, 0.2) is 0 Å². The molecule has 0 amide bonds. The Balaban J connectivity index is 3.64. The highest BCUT2D eigenvalue weighted by Gasteiger charge is 2.66. The van der Waals surface area contributed by atoms with Gasteiger partial charge in [0, 0.05) is 0 Å². The molecule has 0 aromatic rings. The third-order valence-electron chi connectivity index (χ3n) is 9.84. The third kappa shape index (κ3) is 4.23. The van der Waals surface area contributed by atoms with Crippen molar-refractivity contribution in [3.05, 3.63) is 0 Å². The zero-order valence-electron chi connectivity index (χ0n) is 21.4. The number of hydrogen-bond acceptors (Lipinski definition) is 0. The molecule has 0 N–H and O–H groups in total. The summed E-state index contributed by atoms with van der Waals surface area (Å²) in [7, 11) is 0. The van der Waals surface area contributed by atoms with Gasteiger partial charge in [0.25, 0.3) is 0 Å². The average molecular weight is 393 g/mol. The average Bonchev–Trinajstić information content (AvgIpc) is 2.68. The maximum absolute atomic E-state index is 2.69. The van der Waals surface area contributed by atoms with Crippen LogP contribution in [-0.4, -0.2) is 0 Å². The second-order valence-corrected chi connectivity index (χ2v) is 10.7. The minimum absolute atomic E-state index is 0.441. The van der Waals surface area contributed by atoms with E-state index in [0.717, 1.165) is 17.8 Å². The first kappa shape index (κ1) is 26.0. The minimum atomic E-state index is 0.441. The van der Waals surface area contributed by atoms with Gasteiger partial charge in [-0.25, -0.2) is 0 Å². The number of rotatable bonds is 13. The van der Waals surface area contributed by atoms with Crippen LogP contribution in [0.5, 0.6) is 0 Å². The first-order valence-electron chi connectivity index (χ1n) is 13.3. The summed E-state index contributed by atoms with van der Waals surface area (Å²) in [4.78, 5) is 0. The summed E-state index contributed by atoms with van der Waals surface area (Å²) in [6.45, 7) is 22.7. The van der Waals surface area contributed by atoms with E-state index in [-0.39, 0.29) is 0 Å². The summed E-state index contributed by atoms with van der Waals surface area (Å²) in [6, 6.07) is 0. The van der Waals surface area contributed by atoms with Gasteiger partial charge in [-0.15, -0.1) is 0 Å². The molecule has 0 heteroatoms. The Morgan fingerprint density at radius 2 is 1.21 bits per heavy atom. The van der Waals surface area contributed by atoms with E-state index in [0.29, 0.717) is 16.2 Å². The van der Waals surface area contributed by atoms with Crippen molar-refractivity contribution >= 4 is 0 Å². The first-order chi connectivity index (χ1) is 13.3. The molecule has 1 saturated carbocycles. The molecule has 1 rings (SSSR count). The fourth-order valence-electron chi connectivity index (χ4n) is 8.85. The molecule has 0 bridgehead atoms. The quantitative estimate of drug-likeness (QED) is 0.273. The van der Waals surface area contributed by atoms with E-state index in [9.17, 15) is 0 Å². The Bertz CT molecular complexity index is 416. The van der Waals surface area contributed by atoms with E-state index in [4.69, 9.17) is 0 Å². The van der Waals surface area contributed by atoms with Crippen LogP contribution in [-0.2, 0) is 0 Å². The van der Waals surface area contributed by atoms with Crippen molar-refractivity contribution in [1.82, 2.24) is 0 Å². The predicted molar refractivity (Wildman–Crippen MR) is 129 cm³/mol. The van der Waals surface area contributed by atoms with Crippen LogP contribution in [0.4, 0.5) is 0 Å². The number of unbranched alkanes of at least 4 members (excludes halogenated alkanes) is 3. The van der Waals surface area contributed by atoms with Gasteiger partial charge in [0.1, 0.15) is 0 Å². The van der Waals surface area contributed by atoms with Crippen molar-refractivity contribution in [3.63, 3.8) is 0 Å². The Kier molecular flexibility index (Phi) is 10.6. The molecule has 0 nitrogen and oxygen atoms in total. The molecule has 0 aromatic carbocycles. The van der Waals surface area contributed by atoms with Gasteiger partial charge < -0.3 is 0 Å². The second kappa shape index (κ2) is 11.4. The van der Waals surface area contributed by atoms with Crippen LogP contribution < -0.4 is 0 Å². The second-order valence-electron chi connectivity index (χ2n) is 10.7. The molecule has 1 aliphatic carbocycles. The Hall–Kier alpha value is 0. The van der Waals surface area contributed by atoms with E-state index in [2.05, 4.69) is 62.3 Å². The molecular weight excluding hydrogens is 336 g/mol. The van der Waals surface area contributed by atoms with Crippen molar-refractivity contribution in [2.75, 3.05) is 0 Å². The van der Waals surface area contributed by atoms with Gasteiger partial charge in [-0.05, 0) is 72.5 Å². The van der Waals surface area contributed by atoms with Crippen molar-refractivity contribution < 1.29 is 0 Å². The van der Waals surface area contributed by atoms with Crippen LogP contribution in [0.3, 0.4) is 0 Å². The van der Waals surface area contributed by atoms with E-state index in [1.807, 2.05) is 0 Å². The van der Waals surface area contributed by atoms with Crippen LogP contribution in [0.1, 0.15) is 146 Å². The summed E-state index contributed by atoms with van der Waals surface area (Å²) < 4.78 is 0. The Morgan fingerprint density at radius 3 is 1.64 bits per heavy atom. The maximum atomic E-state index is 2.69. The fourth-order valence-corrected chi connectivity index (χ4v) is 8.85. The highest BCUT2D eigenvalue weighted by Crippen LogP contribution is 2.73. The van der Waals surface area contributed by atoms with Crippen molar-refractivity contribution in [2.45, 2.75) is 146 Å². The number of hydrogen-bond donors (Lipinski definition) is 0. The van der Waals surface area contributed by atoms with Crippen molar-refractivity contribution in [2.24, 2.45) is 34.0 Å². The van der Waals surface area contributed by atoms with E-state index in [1.165, 1.54) is 83.5 Å². The summed E-state index contributed by atoms with van der Waals surface area (Å²) in [5.74, 6) is 2.77. The predicted octanol–water partition coefficient (Wildman–Crippen LogP) is 10.1. The van der Waals surface area contributed by atoms with E-state index in [1.54, 1.807) is 0 Å². The first-order valence-corrected chi connectivity index (χ1v) is 13.3. The lowest BCUT2D eigenvalue weighted by Gasteiger charge is -2.71. The van der Waals surface area contributed by atoms with Gasteiger partial charge in [0.2, 0.25) is 0 Å². The van der Waals surface area contributed by atoms with Gasteiger partial charge in [0.15, 0.2) is 0 Å². The van der Waals surface area contributed by atoms with Crippen molar-refractivity contribution in [1.29, 1.82) is 0 Å². The van der Waals surface area contributed by atoms with Crippen LogP contribution in [0, 0.1) is 34.0 Å². The molecular formula is C28H56.